The van der Waals surface area contributed by atoms with Gasteiger partial charge in [-0.05, 0) is 24.1 Å². The number of hydrogen-bond acceptors (Lipinski definition) is 9. The highest BCUT2D eigenvalue weighted by Gasteiger charge is 2.36. The third-order valence-electron chi connectivity index (χ3n) is 4.54. The second-order valence-electron chi connectivity index (χ2n) is 7.40. The Kier molecular flexibility index (Phi) is 10.1. The van der Waals surface area contributed by atoms with Crippen LogP contribution in [0.4, 0.5) is 0 Å². The molecule has 0 aromatic heterocycles. The molecule has 0 heterocycles. The molecule has 1 rings (SSSR count). The van der Waals surface area contributed by atoms with Crippen LogP contribution >= 0.6 is 0 Å². The lowest BCUT2D eigenvalue weighted by molar-refractivity contribution is -0.153. The van der Waals surface area contributed by atoms with E-state index in [2.05, 4.69) is 0 Å². The first-order valence-electron chi connectivity index (χ1n) is 10.1. The van der Waals surface area contributed by atoms with E-state index in [-0.39, 0.29) is 42.8 Å². The Morgan fingerprint density at radius 3 is 2.23 bits per heavy atom. The van der Waals surface area contributed by atoms with E-state index in [9.17, 15) is 19.2 Å². The average molecular weight is 437 g/mol. The Balaban J connectivity index is 3.02. The summed E-state index contributed by atoms with van der Waals surface area (Å²) in [4.78, 5) is 47.1. The molecule has 1 unspecified atom stereocenters. The fourth-order valence-electron chi connectivity index (χ4n) is 2.99. The zero-order valence-electron chi connectivity index (χ0n) is 18.7. The van der Waals surface area contributed by atoms with E-state index in [0.717, 1.165) is 6.42 Å². The van der Waals surface area contributed by atoms with Gasteiger partial charge in [-0.2, -0.15) is 0 Å². The summed E-state index contributed by atoms with van der Waals surface area (Å²) in [6.45, 7) is 6.13. The summed E-state index contributed by atoms with van der Waals surface area (Å²) in [5.41, 5.74) is 5.36. The van der Waals surface area contributed by atoms with Gasteiger partial charge in [-0.1, -0.05) is 26.3 Å². The minimum atomic E-state index is -1.49. The van der Waals surface area contributed by atoms with Crippen LogP contribution in [0.2, 0.25) is 0 Å². The molecule has 0 aliphatic rings. The Hall–Kier alpha value is -2.94. The molecule has 9 nitrogen and oxygen atoms in total. The standard InChI is InChI=1S/C22H31NO8/c1-6-7-14(2)20(26)29-11-10-22(23,21(27)28-5)13-17-8-9-18(30-15(3)24)19(12-17)31-16(4)25/h8-9,12,14H,6-7,10-11,13,23H2,1-5H3/t14-,22?/m0/s1. The van der Waals surface area contributed by atoms with Crippen LogP contribution in [0.25, 0.3) is 0 Å². The third kappa shape index (κ3) is 8.37. The number of ether oxygens (including phenoxy) is 4. The maximum absolute atomic E-state index is 12.4. The summed E-state index contributed by atoms with van der Waals surface area (Å²) >= 11 is 0. The molecule has 1 aromatic carbocycles. The zero-order chi connectivity index (χ0) is 23.6. The van der Waals surface area contributed by atoms with Crippen LogP contribution in [-0.2, 0) is 35.1 Å². The second-order valence-corrected chi connectivity index (χ2v) is 7.40. The number of rotatable bonds is 11. The fraction of sp³-hybridized carbons (Fsp3) is 0.545. The Morgan fingerprint density at radius 1 is 1.06 bits per heavy atom. The summed E-state index contributed by atoms with van der Waals surface area (Å²) in [6.07, 6.45) is 1.60. The minimum absolute atomic E-state index is 0.0103. The Labute approximate surface area is 182 Å². The van der Waals surface area contributed by atoms with E-state index >= 15 is 0 Å². The topological polar surface area (TPSA) is 131 Å². The molecule has 2 atom stereocenters. The van der Waals surface area contributed by atoms with Gasteiger partial charge in [0.1, 0.15) is 5.54 Å². The van der Waals surface area contributed by atoms with E-state index in [4.69, 9.17) is 24.7 Å². The van der Waals surface area contributed by atoms with E-state index in [1.54, 1.807) is 13.0 Å². The van der Waals surface area contributed by atoms with Gasteiger partial charge < -0.3 is 24.7 Å². The van der Waals surface area contributed by atoms with Gasteiger partial charge in [0.2, 0.25) is 0 Å². The van der Waals surface area contributed by atoms with E-state index in [1.807, 2.05) is 6.92 Å². The lowest BCUT2D eigenvalue weighted by Crippen LogP contribution is -2.51. The number of hydrogen-bond donors (Lipinski definition) is 1. The van der Waals surface area contributed by atoms with Gasteiger partial charge in [-0.25, -0.2) is 0 Å². The molecular formula is C22H31NO8. The van der Waals surface area contributed by atoms with Crippen molar-refractivity contribution in [3.05, 3.63) is 23.8 Å². The highest BCUT2D eigenvalue weighted by atomic mass is 16.6. The highest BCUT2D eigenvalue weighted by Crippen LogP contribution is 2.30. The molecule has 2 N–H and O–H groups in total. The zero-order valence-corrected chi connectivity index (χ0v) is 18.7. The summed E-state index contributed by atoms with van der Waals surface area (Å²) in [5, 5.41) is 0. The van der Waals surface area contributed by atoms with Crippen molar-refractivity contribution in [3.63, 3.8) is 0 Å². The molecule has 0 aliphatic carbocycles. The number of benzene rings is 1. The summed E-state index contributed by atoms with van der Waals surface area (Å²) in [7, 11) is 1.22. The van der Waals surface area contributed by atoms with Crippen LogP contribution in [-0.4, -0.2) is 43.1 Å². The lowest BCUT2D eigenvalue weighted by Gasteiger charge is -2.27. The SMILES string of the molecule is CCC[C@H](C)C(=O)OCCC(N)(Cc1ccc(OC(C)=O)c(OC(C)=O)c1)C(=O)OC. The molecule has 0 saturated carbocycles. The largest absolute Gasteiger partial charge is 0.468 e. The van der Waals surface area contributed by atoms with Crippen molar-refractivity contribution < 1.29 is 38.1 Å². The quantitative estimate of drug-likeness (QED) is 0.409. The predicted octanol–water partition coefficient (Wildman–Crippen LogP) is 2.32. The first-order valence-corrected chi connectivity index (χ1v) is 10.1. The molecule has 1 aromatic rings. The number of esters is 4. The lowest BCUT2D eigenvalue weighted by atomic mass is 9.88. The van der Waals surface area contributed by atoms with Gasteiger partial charge in [0.15, 0.2) is 11.5 Å². The molecular weight excluding hydrogens is 406 g/mol. The van der Waals surface area contributed by atoms with Crippen LogP contribution in [0.1, 0.15) is 52.5 Å². The van der Waals surface area contributed by atoms with Crippen molar-refractivity contribution in [3.8, 4) is 11.5 Å². The molecule has 0 amide bonds. The van der Waals surface area contributed by atoms with Crippen LogP contribution < -0.4 is 15.2 Å². The molecule has 0 bridgehead atoms. The van der Waals surface area contributed by atoms with Crippen LogP contribution in [0, 0.1) is 5.92 Å². The van der Waals surface area contributed by atoms with Gasteiger partial charge in [0.05, 0.1) is 19.6 Å². The van der Waals surface area contributed by atoms with Gasteiger partial charge in [-0.3, -0.25) is 19.2 Å². The van der Waals surface area contributed by atoms with Crippen LogP contribution in [0.3, 0.4) is 0 Å². The minimum Gasteiger partial charge on any atom is -0.468 e. The molecule has 0 aliphatic heterocycles. The maximum Gasteiger partial charge on any atom is 0.326 e. The number of carbonyl (C=O) groups excluding carboxylic acids is 4. The van der Waals surface area contributed by atoms with Crippen LogP contribution in [0.5, 0.6) is 11.5 Å². The van der Waals surface area contributed by atoms with Crippen molar-refractivity contribution in [1.82, 2.24) is 0 Å². The first-order chi connectivity index (χ1) is 14.5. The van der Waals surface area contributed by atoms with Crippen molar-refractivity contribution in [1.29, 1.82) is 0 Å². The van der Waals surface area contributed by atoms with Gasteiger partial charge >= 0.3 is 23.9 Å². The smallest absolute Gasteiger partial charge is 0.326 e. The number of carbonyl (C=O) groups is 4. The molecule has 0 saturated heterocycles. The molecule has 31 heavy (non-hydrogen) atoms. The summed E-state index contributed by atoms with van der Waals surface area (Å²) in [6, 6.07) is 4.49. The molecule has 9 heteroatoms. The second kappa shape index (κ2) is 12.0. The van der Waals surface area contributed by atoms with Crippen molar-refractivity contribution in [2.24, 2.45) is 11.7 Å². The summed E-state index contributed by atoms with van der Waals surface area (Å²) < 4.78 is 20.3. The first kappa shape index (κ1) is 26.1. The number of nitrogens with two attached hydrogens (primary N) is 1. The normalized spacial score (nSPS) is 13.5. The van der Waals surface area contributed by atoms with E-state index < -0.39 is 23.4 Å². The Bertz CT molecular complexity index is 807. The molecule has 0 radical (unpaired) electrons. The molecule has 172 valence electrons. The van der Waals surface area contributed by atoms with Crippen molar-refractivity contribution in [2.75, 3.05) is 13.7 Å². The molecule has 0 spiro atoms. The van der Waals surface area contributed by atoms with Gasteiger partial charge in [0.25, 0.3) is 0 Å². The third-order valence-corrected chi connectivity index (χ3v) is 4.54. The fourth-order valence-corrected chi connectivity index (χ4v) is 2.99. The van der Waals surface area contributed by atoms with E-state index in [0.29, 0.717) is 12.0 Å². The number of methoxy groups -OCH3 is 1. The van der Waals surface area contributed by atoms with Crippen molar-refractivity contribution >= 4 is 23.9 Å². The van der Waals surface area contributed by atoms with Crippen molar-refractivity contribution in [2.45, 2.75) is 58.9 Å². The molecule has 0 fully saturated rings. The highest BCUT2D eigenvalue weighted by molar-refractivity contribution is 5.81. The van der Waals surface area contributed by atoms with Gasteiger partial charge in [-0.15, -0.1) is 0 Å². The average Bonchev–Trinajstić information content (AvgIpc) is 2.68. The Morgan fingerprint density at radius 2 is 1.68 bits per heavy atom. The van der Waals surface area contributed by atoms with Crippen LogP contribution in [0.15, 0.2) is 18.2 Å². The van der Waals surface area contributed by atoms with E-state index in [1.165, 1.54) is 33.1 Å². The monoisotopic (exact) mass is 437 g/mol. The summed E-state index contributed by atoms with van der Waals surface area (Å²) in [5.74, 6) is -2.37. The predicted molar refractivity (Wildman–Crippen MR) is 111 cm³/mol. The maximum atomic E-state index is 12.4. The van der Waals surface area contributed by atoms with Gasteiger partial charge in [0, 0.05) is 26.7 Å².